The summed E-state index contributed by atoms with van der Waals surface area (Å²) in [5.74, 6) is 0. The number of anilines is 1. The van der Waals surface area contributed by atoms with Gasteiger partial charge in [0.25, 0.3) is 0 Å². The van der Waals surface area contributed by atoms with Gasteiger partial charge in [0.2, 0.25) is 10.0 Å². The first-order valence-corrected chi connectivity index (χ1v) is 7.26. The van der Waals surface area contributed by atoms with Crippen molar-refractivity contribution in [2.45, 2.75) is 44.0 Å². The van der Waals surface area contributed by atoms with Crippen molar-refractivity contribution in [2.24, 2.45) is 5.14 Å². The summed E-state index contributed by atoms with van der Waals surface area (Å²) >= 11 is 0. The van der Waals surface area contributed by atoms with Crippen LogP contribution in [-0.2, 0) is 10.0 Å². The molecule has 5 heteroatoms. The summed E-state index contributed by atoms with van der Waals surface area (Å²) in [5.41, 5.74) is 0.937. The minimum Gasteiger partial charge on any atom is -0.380 e. The molecule has 0 aliphatic rings. The first-order chi connectivity index (χ1) is 7.80. The molecule has 0 aliphatic heterocycles. The quantitative estimate of drug-likeness (QED) is 0.849. The smallest absolute Gasteiger partial charge is 0.238 e. The van der Waals surface area contributed by atoms with Gasteiger partial charge in [0, 0.05) is 11.2 Å². The normalized spacial score (nSPS) is 12.5. The highest BCUT2D eigenvalue weighted by molar-refractivity contribution is 7.89. The van der Waals surface area contributed by atoms with Crippen LogP contribution in [0, 0.1) is 0 Å². The van der Waals surface area contributed by atoms with Crippen molar-refractivity contribution in [2.75, 3.05) is 5.32 Å². The van der Waals surface area contributed by atoms with Crippen molar-refractivity contribution in [1.82, 2.24) is 0 Å². The second-order valence-electron chi connectivity index (χ2n) is 4.46. The maximum absolute atomic E-state index is 11.1. The summed E-state index contributed by atoms with van der Waals surface area (Å²) in [5, 5.41) is 8.44. The number of primary sulfonamides is 1. The summed E-state index contributed by atoms with van der Waals surface area (Å²) in [6, 6.07) is 6.51. The molecule has 4 nitrogen and oxygen atoms in total. The Balaban J connectivity index is 2.89. The minimum atomic E-state index is -3.60. The lowest BCUT2D eigenvalue weighted by Gasteiger charge is -2.29. The zero-order chi connectivity index (χ0) is 13.1. The molecule has 0 spiro atoms. The molecule has 0 radical (unpaired) electrons. The standard InChI is InChI=1S/C12H20N2O2S/c1-4-12(3,5-2)14-10-6-8-11(9-7-10)17(13,15)16/h6-9,14H,4-5H2,1-3H3,(H2,13,15,16). The number of nitrogens with two attached hydrogens (primary N) is 1. The van der Waals surface area contributed by atoms with Gasteiger partial charge in [-0.25, -0.2) is 13.6 Å². The van der Waals surface area contributed by atoms with Gasteiger partial charge in [0.15, 0.2) is 0 Å². The fourth-order valence-corrected chi connectivity index (χ4v) is 2.02. The summed E-state index contributed by atoms with van der Waals surface area (Å²) < 4.78 is 22.2. The molecule has 0 saturated carbocycles. The summed E-state index contributed by atoms with van der Waals surface area (Å²) in [4.78, 5) is 0.137. The molecule has 96 valence electrons. The fourth-order valence-electron chi connectivity index (χ4n) is 1.50. The second-order valence-corrected chi connectivity index (χ2v) is 6.02. The average Bonchev–Trinajstić information content (AvgIpc) is 2.28. The van der Waals surface area contributed by atoms with Gasteiger partial charge < -0.3 is 5.32 Å². The van der Waals surface area contributed by atoms with Gasteiger partial charge >= 0.3 is 0 Å². The number of nitrogens with one attached hydrogen (secondary N) is 1. The van der Waals surface area contributed by atoms with E-state index in [2.05, 4.69) is 26.1 Å². The van der Waals surface area contributed by atoms with Gasteiger partial charge in [-0.3, -0.25) is 0 Å². The zero-order valence-electron chi connectivity index (χ0n) is 10.5. The van der Waals surface area contributed by atoms with Crippen molar-refractivity contribution in [3.8, 4) is 0 Å². The van der Waals surface area contributed by atoms with E-state index in [1.165, 1.54) is 12.1 Å². The molecular formula is C12H20N2O2S. The monoisotopic (exact) mass is 256 g/mol. The van der Waals surface area contributed by atoms with Crippen LogP contribution in [0.4, 0.5) is 5.69 Å². The molecule has 0 fully saturated rings. The van der Waals surface area contributed by atoms with E-state index < -0.39 is 10.0 Å². The Morgan fingerprint density at radius 3 is 2.00 bits per heavy atom. The molecule has 0 amide bonds. The molecule has 1 rings (SSSR count). The molecule has 0 aromatic heterocycles. The summed E-state index contributed by atoms with van der Waals surface area (Å²) in [6.45, 7) is 6.38. The van der Waals surface area contributed by atoms with Crippen molar-refractivity contribution in [3.05, 3.63) is 24.3 Å². The number of hydrogen-bond donors (Lipinski definition) is 2. The van der Waals surface area contributed by atoms with Crippen LogP contribution < -0.4 is 10.5 Å². The van der Waals surface area contributed by atoms with Crippen LogP contribution in [0.5, 0.6) is 0 Å². The Bertz CT molecular complexity index is 462. The molecule has 0 saturated heterocycles. The molecule has 0 aliphatic carbocycles. The predicted octanol–water partition coefficient (Wildman–Crippen LogP) is 2.32. The van der Waals surface area contributed by atoms with E-state index >= 15 is 0 Å². The maximum atomic E-state index is 11.1. The average molecular weight is 256 g/mol. The number of hydrogen-bond acceptors (Lipinski definition) is 3. The predicted molar refractivity (Wildman–Crippen MR) is 70.4 cm³/mol. The van der Waals surface area contributed by atoms with Crippen LogP contribution in [0.2, 0.25) is 0 Å². The molecule has 0 heterocycles. The highest BCUT2D eigenvalue weighted by Gasteiger charge is 2.18. The Kier molecular flexibility index (Phi) is 4.16. The van der Waals surface area contributed by atoms with E-state index in [-0.39, 0.29) is 10.4 Å². The summed E-state index contributed by atoms with van der Waals surface area (Å²) in [6.07, 6.45) is 2.00. The van der Waals surface area contributed by atoms with Crippen LogP contribution >= 0.6 is 0 Å². The first kappa shape index (κ1) is 14.0. The lowest BCUT2D eigenvalue weighted by molar-refractivity contribution is 0.478. The number of sulfonamides is 1. The third kappa shape index (κ3) is 3.71. The van der Waals surface area contributed by atoms with Gasteiger partial charge in [-0.2, -0.15) is 0 Å². The van der Waals surface area contributed by atoms with E-state index in [4.69, 9.17) is 5.14 Å². The SMILES string of the molecule is CCC(C)(CC)Nc1ccc(S(N)(=O)=O)cc1. The van der Waals surface area contributed by atoms with E-state index in [9.17, 15) is 8.42 Å². The Hall–Kier alpha value is -1.07. The van der Waals surface area contributed by atoms with E-state index in [1.807, 2.05) is 0 Å². The van der Waals surface area contributed by atoms with E-state index in [0.29, 0.717) is 0 Å². The topological polar surface area (TPSA) is 72.2 Å². The lowest BCUT2D eigenvalue weighted by atomic mass is 9.95. The van der Waals surface area contributed by atoms with E-state index in [0.717, 1.165) is 18.5 Å². The zero-order valence-corrected chi connectivity index (χ0v) is 11.3. The third-order valence-electron chi connectivity index (χ3n) is 3.19. The molecule has 0 unspecified atom stereocenters. The van der Waals surface area contributed by atoms with Crippen LogP contribution in [-0.4, -0.2) is 14.0 Å². The van der Waals surface area contributed by atoms with Gasteiger partial charge in [0.05, 0.1) is 4.90 Å². The molecule has 1 aromatic carbocycles. The first-order valence-electron chi connectivity index (χ1n) is 5.72. The van der Waals surface area contributed by atoms with Crippen LogP contribution in [0.25, 0.3) is 0 Å². The Morgan fingerprint density at radius 2 is 1.65 bits per heavy atom. The third-order valence-corrected chi connectivity index (χ3v) is 4.12. The fraction of sp³-hybridized carbons (Fsp3) is 0.500. The molecule has 0 atom stereocenters. The van der Waals surface area contributed by atoms with Crippen LogP contribution in [0.3, 0.4) is 0 Å². The Morgan fingerprint density at radius 1 is 1.18 bits per heavy atom. The highest BCUT2D eigenvalue weighted by Crippen LogP contribution is 2.22. The van der Waals surface area contributed by atoms with Gasteiger partial charge in [-0.1, -0.05) is 13.8 Å². The van der Waals surface area contributed by atoms with Crippen LogP contribution in [0.1, 0.15) is 33.6 Å². The molecule has 0 bridgehead atoms. The van der Waals surface area contributed by atoms with Crippen molar-refractivity contribution in [3.63, 3.8) is 0 Å². The van der Waals surface area contributed by atoms with E-state index in [1.54, 1.807) is 12.1 Å². The molecule has 17 heavy (non-hydrogen) atoms. The van der Waals surface area contributed by atoms with Gasteiger partial charge in [-0.05, 0) is 44.0 Å². The Labute approximate surface area is 103 Å². The minimum absolute atomic E-state index is 0.0309. The maximum Gasteiger partial charge on any atom is 0.238 e. The van der Waals surface area contributed by atoms with Crippen LogP contribution in [0.15, 0.2) is 29.2 Å². The second kappa shape index (κ2) is 5.06. The van der Waals surface area contributed by atoms with Crippen molar-refractivity contribution < 1.29 is 8.42 Å². The highest BCUT2D eigenvalue weighted by atomic mass is 32.2. The lowest BCUT2D eigenvalue weighted by Crippen LogP contribution is -2.32. The molecule has 3 N–H and O–H groups in total. The summed E-state index contributed by atoms with van der Waals surface area (Å²) in [7, 11) is -3.60. The largest absolute Gasteiger partial charge is 0.380 e. The van der Waals surface area contributed by atoms with Crippen molar-refractivity contribution >= 4 is 15.7 Å². The number of rotatable bonds is 5. The molecular weight excluding hydrogens is 236 g/mol. The van der Waals surface area contributed by atoms with Gasteiger partial charge in [-0.15, -0.1) is 0 Å². The van der Waals surface area contributed by atoms with Crippen molar-refractivity contribution in [1.29, 1.82) is 0 Å². The number of benzene rings is 1. The molecule has 1 aromatic rings. The van der Waals surface area contributed by atoms with Gasteiger partial charge in [0.1, 0.15) is 0 Å².